The van der Waals surface area contributed by atoms with Gasteiger partial charge in [0.1, 0.15) is 11.9 Å². The molecule has 8 nitrogen and oxygen atoms in total. The number of carbonyl (C=O) groups is 2. The molecule has 0 aliphatic carbocycles. The first-order valence-electron chi connectivity index (χ1n) is 6.80. The van der Waals surface area contributed by atoms with Crippen LogP contribution < -0.4 is 5.32 Å². The van der Waals surface area contributed by atoms with Gasteiger partial charge in [0.15, 0.2) is 17.8 Å². The molecule has 2 N–H and O–H groups in total. The Morgan fingerprint density at radius 2 is 2.27 bits per heavy atom. The molecule has 116 valence electrons. The number of oxazole rings is 1. The molecule has 8 heteroatoms. The third-order valence-corrected chi connectivity index (χ3v) is 3.33. The van der Waals surface area contributed by atoms with Crippen LogP contribution in [0.2, 0.25) is 0 Å². The van der Waals surface area contributed by atoms with Gasteiger partial charge >= 0.3 is 5.97 Å². The van der Waals surface area contributed by atoms with Crippen molar-refractivity contribution >= 4 is 11.9 Å². The number of furan rings is 1. The summed E-state index contributed by atoms with van der Waals surface area (Å²) in [4.78, 5) is 26.8. The van der Waals surface area contributed by atoms with Gasteiger partial charge in [0, 0.05) is 6.61 Å². The Bertz CT molecular complexity index is 683. The van der Waals surface area contributed by atoms with Crippen LogP contribution in [0.5, 0.6) is 0 Å². The van der Waals surface area contributed by atoms with E-state index in [1.54, 1.807) is 0 Å². The molecule has 0 bridgehead atoms. The number of carboxylic acids is 1. The minimum absolute atomic E-state index is 0.0595. The van der Waals surface area contributed by atoms with Gasteiger partial charge in [-0.25, -0.2) is 9.78 Å². The molecule has 0 saturated carbocycles. The first-order valence-corrected chi connectivity index (χ1v) is 6.80. The van der Waals surface area contributed by atoms with Crippen LogP contribution in [0.3, 0.4) is 0 Å². The van der Waals surface area contributed by atoms with Crippen LogP contribution >= 0.6 is 0 Å². The number of ether oxygens (including phenoxy) is 1. The molecule has 3 rings (SSSR count). The van der Waals surface area contributed by atoms with Gasteiger partial charge in [0.05, 0.1) is 6.54 Å². The van der Waals surface area contributed by atoms with Crippen molar-refractivity contribution in [1.82, 2.24) is 10.3 Å². The van der Waals surface area contributed by atoms with Crippen molar-refractivity contribution in [3.05, 3.63) is 41.5 Å². The van der Waals surface area contributed by atoms with Gasteiger partial charge in [-0.2, -0.15) is 0 Å². The Morgan fingerprint density at radius 1 is 1.41 bits per heavy atom. The van der Waals surface area contributed by atoms with Crippen LogP contribution in [0.1, 0.15) is 51.5 Å². The van der Waals surface area contributed by atoms with E-state index in [9.17, 15) is 9.59 Å². The predicted molar refractivity (Wildman–Crippen MR) is 71.3 cm³/mol. The first kappa shape index (κ1) is 14.3. The smallest absolute Gasteiger partial charge is 0.371 e. The lowest BCUT2D eigenvalue weighted by Crippen LogP contribution is -2.24. The van der Waals surface area contributed by atoms with Gasteiger partial charge in [-0.3, -0.25) is 4.79 Å². The molecule has 0 radical (unpaired) electrons. The zero-order chi connectivity index (χ0) is 15.5. The minimum atomic E-state index is -1.16. The van der Waals surface area contributed by atoms with Gasteiger partial charge < -0.3 is 24.0 Å². The summed E-state index contributed by atoms with van der Waals surface area (Å²) in [6, 6.07) is 2.82. The molecular weight excluding hydrogens is 292 g/mol. The SMILES string of the molecule is O=C(O)c1ccc(CNC(=O)c2ncoc2C2CCCO2)o1. The van der Waals surface area contributed by atoms with E-state index in [-0.39, 0.29) is 24.1 Å². The fourth-order valence-electron chi connectivity index (χ4n) is 2.28. The summed E-state index contributed by atoms with van der Waals surface area (Å²) in [7, 11) is 0. The number of hydrogen-bond acceptors (Lipinski definition) is 6. The zero-order valence-corrected chi connectivity index (χ0v) is 11.6. The molecule has 1 aliphatic rings. The fourth-order valence-corrected chi connectivity index (χ4v) is 2.28. The summed E-state index contributed by atoms with van der Waals surface area (Å²) >= 11 is 0. The number of hydrogen-bond donors (Lipinski definition) is 2. The number of carboxylic acid groups (broad SMARTS) is 1. The van der Waals surface area contributed by atoms with Crippen LogP contribution in [0.25, 0.3) is 0 Å². The van der Waals surface area contributed by atoms with E-state index in [2.05, 4.69) is 10.3 Å². The van der Waals surface area contributed by atoms with Crippen molar-refractivity contribution in [1.29, 1.82) is 0 Å². The summed E-state index contributed by atoms with van der Waals surface area (Å²) in [5.74, 6) is -0.999. The van der Waals surface area contributed by atoms with E-state index >= 15 is 0 Å². The normalized spacial score (nSPS) is 17.5. The lowest BCUT2D eigenvalue weighted by atomic mass is 10.1. The third-order valence-electron chi connectivity index (χ3n) is 3.33. The molecular formula is C14H14N2O6. The largest absolute Gasteiger partial charge is 0.475 e. The topological polar surface area (TPSA) is 115 Å². The van der Waals surface area contributed by atoms with E-state index in [4.69, 9.17) is 18.7 Å². The standard InChI is InChI=1S/C14H14N2O6/c17-13(15-6-8-3-4-10(22-8)14(18)19)11-12(21-7-16-11)9-2-1-5-20-9/h3-4,7,9H,1-2,5-6H2,(H,15,17)(H,18,19). The minimum Gasteiger partial charge on any atom is -0.475 e. The van der Waals surface area contributed by atoms with Gasteiger partial charge in [-0.05, 0) is 25.0 Å². The van der Waals surface area contributed by atoms with E-state index in [0.717, 1.165) is 12.8 Å². The van der Waals surface area contributed by atoms with Crippen molar-refractivity contribution in [3.8, 4) is 0 Å². The van der Waals surface area contributed by atoms with Gasteiger partial charge in [-0.1, -0.05) is 0 Å². The summed E-state index contributed by atoms with van der Waals surface area (Å²) < 4.78 is 15.8. The summed E-state index contributed by atoms with van der Waals surface area (Å²) in [6.45, 7) is 0.695. The molecule has 2 aromatic heterocycles. The lowest BCUT2D eigenvalue weighted by molar-refractivity contribution is 0.0660. The zero-order valence-electron chi connectivity index (χ0n) is 11.6. The average molecular weight is 306 g/mol. The highest BCUT2D eigenvalue weighted by molar-refractivity contribution is 5.93. The molecule has 0 aromatic carbocycles. The highest BCUT2D eigenvalue weighted by Gasteiger charge is 2.27. The number of aromatic nitrogens is 1. The number of carbonyl (C=O) groups excluding carboxylic acids is 1. The third kappa shape index (κ3) is 2.86. The lowest BCUT2D eigenvalue weighted by Gasteiger charge is -2.07. The number of rotatable bonds is 5. The molecule has 1 atom stereocenters. The van der Waals surface area contributed by atoms with Crippen molar-refractivity contribution in [2.75, 3.05) is 6.61 Å². The maximum Gasteiger partial charge on any atom is 0.371 e. The maximum atomic E-state index is 12.2. The van der Waals surface area contributed by atoms with Crippen LogP contribution in [0, 0.1) is 0 Å². The van der Waals surface area contributed by atoms with Crippen LogP contribution in [-0.2, 0) is 11.3 Å². The quantitative estimate of drug-likeness (QED) is 0.864. The second-order valence-electron chi connectivity index (χ2n) is 4.82. The van der Waals surface area contributed by atoms with Crippen LogP contribution in [-0.4, -0.2) is 28.6 Å². The molecule has 1 amide bonds. The molecule has 3 heterocycles. The summed E-state index contributed by atoms with van der Waals surface area (Å²) in [6.07, 6.45) is 2.67. The Labute approximate surface area is 125 Å². The first-order chi connectivity index (χ1) is 10.6. The molecule has 1 saturated heterocycles. The predicted octanol–water partition coefficient (Wildman–Crippen LogP) is 1.75. The van der Waals surface area contributed by atoms with Gasteiger partial charge in [-0.15, -0.1) is 0 Å². The van der Waals surface area contributed by atoms with Crippen molar-refractivity contribution in [2.45, 2.75) is 25.5 Å². The van der Waals surface area contributed by atoms with Crippen LogP contribution in [0.4, 0.5) is 0 Å². The number of nitrogens with zero attached hydrogens (tertiary/aromatic N) is 1. The second kappa shape index (κ2) is 6.02. The van der Waals surface area contributed by atoms with Crippen molar-refractivity contribution < 1.29 is 28.3 Å². The van der Waals surface area contributed by atoms with E-state index in [0.29, 0.717) is 18.1 Å². The van der Waals surface area contributed by atoms with Gasteiger partial charge in [0.2, 0.25) is 5.76 Å². The molecule has 1 aliphatic heterocycles. The second-order valence-corrected chi connectivity index (χ2v) is 4.82. The highest BCUT2D eigenvalue weighted by Crippen LogP contribution is 2.30. The van der Waals surface area contributed by atoms with Crippen molar-refractivity contribution in [2.24, 2.45) is 0 Å². The van der Waals surface area contributed by atoms with Crippen LogP contribution in [0.15, 0.2) is 27.4 Å². The van der Waals surface area contributed by atoms with Crippen molar-refractivity contribution in [3.63, 3.8) is 0 Å². The fraction of sp³-hybridized carbons (Fsp3) is 0.357. The van der Waals surface area contributed by atoms with Gasteiger partial charge in [0.25, 0.3) is 5.91 Å². The summed E-state index contributed by atoms with van der Waals surface area (Å²) in [5.41, 5.74) is 0.178. The Morgan fingerprint density at radius 3 is 2.95 bits per heavy atom. The summed E-state index contributed by atoms with van der Waals surface area (Å²) in [5, 5.41) is 11.4. The Hall–Kier alpha value is -2.61. The van der Waals surface area contributed by atoms with E-state index in [1.807, 2.05) is 0 Å². The maximum absolute atomic E-state index is 12.2. The molecule has 1 unspecified atom stereocenters. The van der Waals surface area contributed by atoms with E-state index in [1.165, 1.54) is 18.5 Å². The number of nitrogens with one attached hydrogen (secondary N) is 1. The Balaban J connectivity index is 1.64. The average Bonchev–Trinajstić information content (AvgIpc) is 3.23. The van der Waals surface area contributed by atoms with E-state index < -0.39 is 11.9 Å². The Kier molecular flexibility index (Phi) is 3.92. The molecule has 1 fully saturated rings. The molecule has 0 spiro atoms. The monoisotopic (exact) mass is 306 g/mol. The number of amides is 1. The number of aromatic carboxylic acids is 1. The molecule has 2 aromatic rings. The highest BCUT2D eigenvalue weighted by atomic mass is 16.5. The molecule has 22 heavy (non-hydrogen) atoms.